The lowest BCUT2D eigenvalue weighted by atomic mass is 10.00. The number of hydrogen-bond acceptors (Lipinski definition) is 4. The van der Waals surface area contributed by atoms with Gasteiger partial charge < -0.3 is 15.0 Å². The highest BCUT2D eigenvalue weighted by atomic mass is 35.5. The molecular formula is C19H22ClN3O2. The van der Waals surface area contributed by atoms with Gasteiger partial charge in [0.15, 0.2) is 6.61 Å². The Morgan fingerprint density at radius 1 is 1.32 bits per heavy atom. The number of benzene rings is 1. The number of carbonyl (C=O) groups excluding carboxylic acids is 1. The van der Waals surface area contributed by atoms with Crippen LogP contribution in [0, 0.1) is 5.92 Å². The van der Waals surface area contributed by atoms with Crippen molar-refractivity contribution in [3.05, 3.63) is 47.6 Å². The first-order valence-corrected chi connectivity index (χ1v) is 8.87. The molecule has 3 rings (SSSR count). The zero-order valence-corrected chi connectivity index (χ0v) is 15.0. The number of carbonyl (C=O) groups is 1. The van der Waals surface area contributed by atoms with E-state index in [1.165, 1.54) is 12.8 Å². The standard InChI is InChI=1S/C19H22ClN3O2/c1-14-3-2-10-23(12-14)16-6-9-18(21-11-16)22-19(24)13-25-17-7-4-15(20)5-8-17/h4-9,11,14H,2-3,10,12-13H2,1H3,(H,21,22,24). The van der Waals surface area contributed by atoms with Crippen LogP contribution in [0.5, 0.6) is 5.75 Å². The predicted molar refractivity (Wildman–Crippen MR) is 100 cm³/mol. The third-order valence-electron chi connectivity index (χ3n) is 4.22. The van der Waals surface area contributed by atoms with Crippen LogP contribution in [0.15, 0.2) is 42.6 Å². The summed E-state index contributed by atoms with van der Waals surface area (Å²) in [5.74, 6) is 1.58. The molecule has 132 valence electrons. The van der Waals surface area contributed by atoms with Gasteiger partial charge in [0.1, 0.15) is 11.6 Å². The first-order valence-electron chi connectivity index (χ1n) is 8.49. The Bertz CT molecular complexity index is 704. The van der Waals surface area contributed by atoms with Gasteiger partial charge in [-0.05, 0) is 55.2 Å². The largest absolute Gasteiger partial charge is 0.484 e. The molecule has 1 saturated heterocycles. The van der Waals surface area contributed by atoms with Crippen molar-refractivity contribution in [2.24, 2.45) is 5.92 Å². The molecule has 25 heavy (non-hydrogen) atoms. The van der Waals surface area contributed by atoms with Gasteiger partial charge in [-0.2, -0.15) is 0 Å². The molecule has 0 aliphatic carbocycles. The predicted octanol–water partition coefficient (Wildman–Crippen LogP) is 3.99. The summed E-state index contributed by atoms with van der Waals surface area (Å²) in [4.78, 5) is 18.7. The van der Waals surface area contributed by atoms with E-state index in [1.807, 2.05) is 18.3 Å². The van der Waals surface area contributed by atoms with Crippen LogP contribution in [0.25, 0.3) is 0 Å². The number of halogens is 1. The lowest BCUT2D eigenvalue weighted by Gasteiger charge is -2.32. The molecule has 0 spiro atoms. The smallest absolute Gasteiger partial charge is 0.263 e. The maximum Gasteiger partial charge on any atom is 0.263 e. The van der Waals surface area contributed by atoms with Gasteiger partial charge in [0.05, 0.1) is 11.9 Å². The van der Waals surface area contributed by atoms with E-state index in [4.69, 9.17) is 16.3 Å². The fraction of sp³-hybridized carbons (Fsp3) is 0.368. The fourth-order valence-corrected chi connectivity index (χ4v) is 3.06. The molecule has 0 bridgehead atoms. The van der Waals surface area contributed by atoms with Crippen molar-refractivity contribution in [1.29, 1.82) is 0 Å². The normalized spacial score (nSPS) is 17.2. The maximum atomic E-state index is 12.0. The monoisotopic (exact) mass is 359 g/mol. The second-order valence-corrected chi connectivity index (χ2v) is 6.82. The number of nitrogens with one attached hydrogen (secondary N) is 1. The Labute approximate surface area is 153 Å². The lowest BCUT2D eigenvalue weighted by Crippen LogP contribution is -2.34. The molecule has 1 unspecified atom stereocenters. The molecule has 1 N–H and O–H groups in total. The van der Waals surface area contributed by atoms with Crippen molar-refractivity contribution in [2.75, 3.05) is 29.9 Å². The molecule has 1 aromatic heterocycles. The summed E-state index contributed by atoms with van der Waals surface area (Å²) in [6, 6.07) is 10.7. The quantitative estimate of drug-likeness (QED) is 0.877. The molecule has 6 heteroatoms. The summed E-state index contributed by atoms with van der Waals surface area (Å²) < 4.78 is 5.42. The van der Waals surface area contributed by atoms with Crippen LogP contribution < -0.4 is 15.0 Å². The van der Waals surface area contributed by atoms with Crippen molar-refractivity contribution < 1.29 is 9.53 Å². The van der Waals surface area contributed by atoms with Gasteiger partial charge >= 0.3 is 0 Å². The summed E-state index contributed by atoms with van der Waals surface area (Å²) in [5, 5.41) is 3.37. The average molecular weight is 360 g/mol. The molecular weight excluding hydrogens is 338 g/mol. The Hall–Kier alpha value is -2.27. The summed E-state index contributed by atoms with van der Waals surface area (Å²) in [6.45, 7) is 4.32. The van der Waals surface area contributed by atoms with Gasteiger partial charge in [-0.3, -0.25) is 4.79 Å². The van der Waals surface area contributed by atoms with Crippen molar-refractivity contribution >= 4 is 29.0 Å². The van der Waals surface area contributed by atoms with E-state index in [-0.39, 0.29) is 12.5 Å². The van der Waals surface area contributed by atoms with E-state index in [2.05, 4.69) is 22.1 Å². The topological polar surface area (TPSA) is 54.5 Å². The summed E-state index contributed by atoms with van der Waals surface area (Å²) in [7, 11) is 0. The molecule has 0 saturated carbocycles. The van der Waals surface area contributed by atoms with Gasteiger partial charge in [-0.15, -0.1) is 0 Å². The third kappa shape index (κ3) is 5.10. The van der Waals surface area contributed by atoms with Crippen molar-refractivity contribution in [3.63, 3.8) is 0 Å². The number of aromatic nitrogens is 1. The molecule has 1 aliphatic heterocycles. The SMILES string of the molecule is CC1CCCN(c2ccc(NC(=O)COc3ccc(Cl)cc3)nc2)C1. The van der Waals surface area contributed by atoms with E-state index < -0.39 is 0 Å². The number of ether oxygens (including phenoxy) is 1. The van der Waals surface area contributed by atoms with Crippen LogP contribution in [0.1, 0.15) is 19.8 Å². The highest BCUT2D eigenvalue weighted by molar-refractivity contribution is 6.30. The van der Waals surface area contributed by atoms with Crippen LogP contribution in [0.4, 0.5) is 11.5 Å². The van der Waals surface area contributed by atoms with E-state index in [0.717, 1.165) is 18.8 Å². The molecule has 5 nitrogen and oxygen atoms in total. The molecule has 1 amide bonds. The molecule has 1 fully saturated rings. The number of hydrogen-bond donors (Lipinski definition) is 1. The van der Waals surface area contributed by atoms with Crippen LogP contribution in [-0.2, 0) is 4.79 Å². The second-order valence-electron chi connectivity index (χ2n) is 6.39. The Morgan fingerprint density at radius 2 is 2.12 bits per heavy atom. The van der Waals surface area contributed by atoms with Crippen LogP contribution in [-0.4, -0.2) is 30.6 Å². The minimum absolute atomic E-state index is 0.0747. The summed E-state index contributed by atoms with van der Waals surface area (Å²) >= 11 is 5.81. The van der Waals surface area contributed by atoms with Crippen LogP contribution in [0.3, 0.4) is 0 Å². The van der Waals surface area contributed by atoms with Crippen molar-refractivity contribution in [1.82, 2.24) is 4.98 Å². The van der Waals surface area contributed by atoms with E-state index in [9.17, 15) is 4.79 Å². The number of rotatable bonds is 5. The number of pyridine rings is 1. The van der Waals surface area contributed by atoms with Gasteiger partial charge in [0.25, 0.3) is 5.91 Å². The number of piperidine rings is 1. The number of amides is 1. The summed E-state index contributed by atoms with van der Waals surface area (Å²) in [6.07, 6.45) is 4.31. The van der Waals surface area contributed by atoms with Gasteiger partial charge in [-0.1, -0.05) is 18.5 Å². The fourth-order valence-electron chi connectivity index (χ4n) is 2.93. The van der Waals surface area contributed by atoms with Crippen molar-refractivity contribution in [2.45, 2.75) is 19.8 Å². The van der Waals surface area contributed by atoms with E-state index >= 15 is 0 Å². The Balaban J connectivity index is 1.50. The molecule has 1 aromatic carbocycles. The maximum absolute atomic E-state index is 12.0. The zero-order chi connectivity index (χ0) is 17.6. The van der Waals surface area contributed by atoms with E-state index in [0.29, 0.717) is 22.5 Å². The Kier molecular flexibility index (Phi) is 5.76. The highest BCUT2D eigenvalue weighted by Gasteiger charge is 2.16. The lowest BCUT2D eigenvalue weighted by molar-refractivity contribution is -0.118. The van der Waals surface area contributed by atoms with Crippen LogP contribution >= 0.6 is 11.6 Å². The molecule has 2 aromatic rings. The van der Waals surface area contributed by atoms with Crippen LogP contribution in [0.2, 0.25) is 5.02 Å². The first kappa shape index (κ1) is 17.5. The van der Waals surface area contributed by atoms with Gasteiger partial charge in [0, 0.05) is 18.1 Å². The molecule has 2 heterocycles. The van der Waals surface area contributed by atoms with E-state index in [1.54, 1.807) is 24.3 Å². The first-order chi connectivity index (χ1) is 12.1. The molecule has 0 radical (unpaired) electrons. The number of nitrogens with zero attached hydrogens (tertiary/aromatic N) is 2. The highest BCUT2D eigenvalue weighted by Crippen LogP contribution is 2.23. The van der Waals surface area contributed by atoms with Crippen molar-refractivity contribution in [3.8, 4) is 5.75 Å². The Morgan fingerprint density at radius 3 is 2.80 bits per heavy atom. The minimum Gasteiger partial charge on any atom is -0.484 e. The van der Waals surface area contributed by atoms with Gasteiger partial charge in [0.2, 0.25) is 0 Å². The number of anilines is 2. The zero-order valence-electron chi connectivity index (χ0n) is 14.2. The molecule has 1 aliphatic rings. The molecule has 1 atom stereocenters. The average Bonchev–Trinajstić information content (AvgIpc) is 2.62. The minimum atomic E-state index is -0.248. The summed E-state index contributed by atoms with van der Waals surface area (Å²) in [5.41, 5.74) is 1.10. The third-order valence-corrected chi connectivity index (χ3v) is 4.47. The second kappa shape index (κ2) is 8.21. The van der Waals surface area contributed by atoms with Gasteiger partial charge in [-0.25, -0.2) is 4.98 Å².